The number of rotatable bonds is 6. The summed E-state index contributed by atoms with van der Waals surface area (Å²) in [5, 5.41) is 0. The normalized spacial score (nSPS) is 20.9. The van der Waals surface area contributed by atoms with Gasteiger partial charge < -0.3 is 9.64 Å². The molecule has 2 aliphatic rings. The zero-order chi connectivity index (χ0) is 21.8. The van der Waals surface area contributed by atoms with Crippen LogP contribution in [0.2, 0.25) is 0 Å². The summed E-state index contributed by atoms with van der Waals surface area (Å²) in [6, 6.07) is 18.9. The summed E-state index contributed by atoms with van der Waals surface area (Å²) < 4.78 is 5.12. The first-order chi connectivity index (χ1) is 15.1. The minimum absolute atomic E-state index is 0.0582. The molecule has 1 amide bonds. The van der Waals surface area contributed by atoms with Crippen LogP contribution in [0.15, 0.2) is 54.6 Å². The van der Waals surface area contributed by atoms with Crippen LogP contribution in [0.1, 0.15) is 42.9 Å². The Bertz CT molecular complexity index is 902. The standard InChI is InChI=1S/C26H32N2O3/c1-3-20-9-11-22(12-10-20)18-27-15-13-26(14-16-27)23(25(30)31-2)17-24(29)28(26)19-21-7-5-4-6-8-21/h4-12,23H,3,13-19H2,1-2H3. The Hall–Kier alpha value is -2.66. The van der Waals surface area contributed by atoms with E-state index in [1.165, 1.54) is 18.2 Å². The van der Waals surface area contributed by atoms with Gasteiger partial charge in [-0.25, -0.2) is 0 Å². The van der Waals surface area contributed by atoms with E-state index in [4.69, 9.17) is 4.74 Å². The number of piperidine rings is 1. The molecular weight excluding hydrogens is 388 g/mol. The van der Waals surface area contributed by atoms with E-state index < -0.39 is 5.54 Å². The lowest BCUT2D eigenvalue weighted by Gasteiger charge is -2.47. The minimum Gasteiger partial charge on any atom is -0.469 e. The molecule has 2 aromatic carbocycles. The van der Waals surface area contributed by atoms with Gasteiger partial charge >= 0.3 is 5.97 Å². The number of esters is 1. The lowest BCUT2D eigenvalue weighted by molar-refractivity contribution is -0.150. The molecule has 0 saturated carbocycles. The van der Waals surface area contributed by atoms with Crippen LogP contribution >= 0.6 is 0 Å². The molecule has 2 aliphatic heterocycles. The third-order valence-electron chi connectivity index (χ3n) is 7.09. The Kier molecular flexibility index (Phi) is 6.42. The molecule has 2 saturated heterocycles. The van der Waals surface area contributed by atoms with Crippen molar-refractivity contribution in [1.82, 2.24) is 9.80 Å². The van der Waals surface area contributed by atoms with Gasteiger partial charge in [0, 0.05) is 32.6 Å². The lowest BCUT2D eigenvalue weighted by Crippen LogP contribution is -2.57. The van der Waals surface area contributed by atoms with E-state index in [1.54, 1.807) is 0 Å². The summed E-state index contributed by atoms with van der Waals surface area (Å²) in [6.45, 7) is 5.34. The highest BCUT2D eigenvalue weighted by atomic mass is 16.5. The van der Waals surface area contributed by atoms with Crippen molar-refractivity contribution in [3.8, 4) is 0 Å². The van der Waals surface area contributed by atoms with Gasteiger partial charge in [0.25, 0.3) is 0 Å². The topological polar surface area (TPSA) is 49.9 Å². The maximum atomic E-state index is 13.0. The summed E-state index contributed by atoms with van der Waals surface area (Å²) in [4.78, 5) is 30.1. The minimum atomic E-state index is -0.456. The molecule has 2 fully saturated rings. The molecule has 31 heavy (non-hydrogen) atoms. The van der Waals surface area contributed by atoms with E-state index in [1.807, 2.05) is 35.2 Å². The Balaban J connectivity index is 1.51. The van der Waals surface area contributed by atoms with Gasteiger partial charge in [-0.05, 0) is 36.0 Å². The highest BCUT2D eigenvalue weighted by Crippen LogP contribution is 2.45. The number of methoxy groups -OCH3 is 1. The third-order valence-corrected chi connectivity index (χ3v) is 7.09. The Morgan fingerprint density at radius 1 is 0.968 bits per heavy atom. The zero-order valence-electron chi connectivity index (χ0n) is 18.5. The highest BCUT2D eigenvalue weighted by Gasteiger charge is 2.56. The number of aryl methyl sites for hydroxylation is 1. The van der Waals surface area contributed by atoms with Crippen molar-refractivity contribution in [2.24, 2.45) is 5.92 Å². The molecule has 164 valence electrons. The van der Waals surface area contributed by atoms with E-state index in [9.17, 15) is 9.59 Å². The first-order valence-electron chi connectivity index (χ1n) is 11.3. The van der Waals surface area contributed by atoms with Gasteiger partial charge in [-0.2, -0.15) is 0 Å². The molecule has 1 spiro atoms. The van der Waals surface area contributed by atoms with Crippen LogP contribution in [0.25, 0.3) is 0 Å². The van der Waals surface area contributed by atoms with Crippen LogP contribution in [0.5, 0.6) is 0 Å². The molecule has 2 heterocycles. The number of carbonyl (C=O) groups excluding carboxylic acids is 2. The van der Waals surface area contributed by atoms with Crippen LogP contribution in [0.4, 0.5) is 0 Å². The zero-order valence-corrected chi connectivity index (χ0v) is 18.5. The molecule has 0 radical (unpaired) electrons. The molecular formula is C26H32N2O3. The number of hydrogen-bond acceptors (Lipinski definition) is 4. The number of ether oxygens (including phenoxy) is 1. The van der Waals surface area contributed by atoms with Gasteiger partial charge in [-0.1, -0.05) is 61.5 Å². The molecule has 5 nitrogen and oxygen atoms in total. The van der Waals surface area contributed by atoms with Crippen molar-refractivity contribution in [2.45, 2.75) is 51.2 Å². The van der Waals surface area contributed by atoms with Crippen LogP contribution in [0.3, 0.4) is 0 Å². The lowest BCUT2D eigenvalue weighted by atomic mass is 9.76. The SMILES string of the molecule is CCc1ccc(CN2CCC3(CC2)C(C(=O)OC)CC(=O)N3Cc2ccccc2)cc1. The summed E-state index contributed by atoms with van der Waals surface area (Å²) >= 11 is 0. The van der Waals surface area contributed by atoms with Crippen molar-refractivity contribution in [3.05, 3.63) is 71.3 Å². The molecule has 0 N–H and O–H groups in total. The molecule has 1 unspecified atom stereocenters. The van der Waals surface area contributed by atoms with E-state index in [0.29, 0.717) is 6.54 Å². The van der Waals surface area contributed by atoms with Gasteiger partial charge in [0.15, 0.2) is 0 Å². The predicted octanol–water partition coefficient (Wildman–Crippen LogP) is 3.81. The Morgan fingerprint density at radius 3 is 2.19 bits per heavy atom. The number of amides is 1. The van der Waals surface area contributed by atoms with Crippen molar-refractivity contribution >= 4 is 11.9 Å². The summed E-state index contributed by atoms with van der Waals surface area (Å²) in [7, 11) is 1.43. The number of carbonyl (C=O) groups is 2. The van der Waals surface area contributed by atoms with Gasteiger partial charge in [-0.15, -0.1) is 0 Å². The van der Waals surface area contributed by atoms with E-state index in [0.717, 1.165) is 44.5 Å². The fraction of sp³-hybridized carbons (Fsp3) is 0.462. The Labute approximate surface area is 185 Å². The van der Waals surface area contributed by atoms with Crippen LogP contribution in [-0.4, -0.2) is 47.4 Å². The van der Waals surface area contributed by atoms with Gasteiger partial charge in [-0.3, -0.25) is 14.5 Å². The number of likely N-dealkylation sites (tertiary alicyclic amines) is 2. The van der Waals surface area contributed by atoms with Gasteiger partial charge in [0.1, 0.15) is 0 Å². The number of benzene rings is 2. The van der Waals surface area contributed by atoms with Crippen molar-refractivity contribution < 1.29 is 14.3 Å². The largest absolute Gasteiger partial charge is 0.469 e. The smallest absolute Gasteiger partial charge is 0.311 e. The molecule has 2 aromatic rings. The first-order valence-corrected chi connectivity index (χ1v) is 11.3. The Morgan fingerprint density at radius 2 is 1.58 bits per heavy atom. The third kappa shape index (κ3) is 4.38. The van der Waals surface area contributed by atoms with Gasteiger partial charge in [0.05, 0.1) is 18.6 Å². The van der Waals surface area contributed by atoms with E-state index >= 15 is 0 Å². The second kappa shape index (κ2) is 9.23. The molecule has 4 rings (SSSR count). The van der Waals surface area contributed by atoms with Crippen LogP contribution in [-0.2, 0) is 33.8 Å². The molecule has 0 bridgehead atoms. The van der Waals surface area contributed by atoms with E-state index in [-0.39, 0.29) is 24.2 Å². The van der Waals surface area contributed by atoms with Crippen molar-refractivity contribution in [3.63, 3.8) is 0 Å². The van der Waals surface area contributed by atoms with Crippen molar-refractivity contribution in [1.29, 1.82) is 0 Å². The predicted molar refractivity (Wildman–Crippen MR) is 120 cm³/mol. The summed E-state index contributed by atoms with van der Waals surface area (Å²) in [5.41, 5.74) is 3.30. The highest BCUT2D eigenvalue weighted by molar-refractivity contribution is 5.89. The van der Waals surface area contributed by atoms with Crippen LogP contribution < -0.4 is 0 Å². The average Bonchev–Trinajstić information content (AvgIpc) is 3.07. The first kappa shape index (κ1) is 21.6. The monoisotopic (exact) mass is 420 g/mol. The molecule has 1 atom stereocenters. The van der Waals surface area contributed by atoms with Crippen LogP contribution in [0, 0.1) is 5.92 Å². The molecule has 0 aliphatic carbocycles. The molecule has 0 aromatic heterocycles. The maximum Gasteiger partial charge on any atom is 0.311 e. The second-order valence-electron chi connectivity index (χ2n) is 8.80. The van der Waals surface area contributed by atoms with E-state index in [2.05, 4.69) is 36.1 Å². The van der Waals surface area contributed by atoms with Crippen molar-refractivity contribution in [2.75, 3.05) is 20.2 Å². The number of hydrogen-bond donors (Lipinski definition) is 0. The second-order valence-corrected chi connectivity index (χ2v) is 8.80. The van der Waals surface area contributed by atoms with Gasteiger partial charge in [0.2, 0.25) is 5.91 Å². The quantitative estimate of drug-likeness (QED) is 0.667. The number of nitrogens with zero attached hydrogens (tertiary/aromatic N) is 2. The molecule has 5 heteroatoms. The fourth-order valence-electron chi connectivity index (χ4n) is 5.22. The summed E-state index contributed by atoms with van der Waals surface area (Å²) in [5.74, 6) is -0.588. The average molecular weight is 421 g/mol. The maximum absolute atomic E-state index is 13.0. The fourth-order valence-corrected chi connectivity index (χ4v) is 5.22. The summed E-state index contributed by atoms with van der Waals surface area (Å²) in [6.07, 6.45) is 2.88.